The van der Waals surface area contributed by atoms with E-state index in [9.17, 15) is 0 Å². The molecule has 0 amide bonds. The molecule has 1 aliphatic heterocycles. The number of rotatable bonds is 8. The number of benzene rings is 2. The van der Waals surface area contributed by atoms with Gasteiger partial charge in [-0.1, -0.05) is 0 Å². The van der Waals surface area contributed by atoms with E-state index < -0.39 is 0 Å². The van der Waals surface area contributed by atoms with Gasteiger partial charge in [0.1, 0.15) is 0 Å². The Hall–Kier alpha value is -3.59. The summed E-state index contributed by atoms with van der Waals surface area (Å²) in [6, 6.07) is 7.69. The summed E-state index contributed by atoms with van der Waals surface area (Å²) in [5.41, 5.74) is 5.35. The molecule has 1 heterocycles. The first-order valence-electron chi connectivity index (χ1n) is 11.6. The van der Waals surface area contributed by atoms with Crippen LogP contribution in [0.2, 0.25) is 0 Å². The van der Waals surface area contributed by atoms with E-state index in [4.69, 9.17) is 40.6 Å². The summed E-state index contributed by atoms with van der Waals surface area (Å²) in [5.74, 6) is 3.54. The van der Waals surface area contributed by atoms with Crippen LogP contribution in [0.1, 0.15) is 36.4 Å². The average molecular weight is 513 g/mol. The molecule has 0 bridgehead atoms. The SMILES string of the molecule is COc1cc(C=C2CCCC3=C2NC(=S)NC3c2cc(OC)c(OC)c(OC)c2)cc(OC)c1OC. The smallest absolute Gasteiger partial charge is 0.203 e. The second-order valence-electron chi connectivity index (χ2n) is 8.37. The molecule has 2 aromatic carbocycles. The zero-order chi connectivity index (χ0) is 25.8. The van der Waals surface area contributed by atoms with Gasteiger partial charge in [0.2, 0.25) is 11.5 Å². The Morgan fingerprint density at radius 2 is 1.28 bits per heavy atom. The minimum Gasteiger partial charge on any atom is -0.493 e. The van der Waals surface area contributed by atoms with E-state index in [1.807, 2.05) is 24.3 Å². The van der Waals surface area contributed by atoms with Gasteiger partial charge in [-0.25, -0.2) is 0 Å². The van der Waals surface area contributed by atoms with E-state index in [1.165, 1.54) is 5.57 Å². The third-order valence-corrected chi connectivity index (χ3v) is 6.67. The number of hydrogen-bond donors (Lipinski definition) is 2. The lowest BCUT2D eigenvalue weighted by atomic mass is 9.83. The van der Waals surface area contributed by atoms with E-state index >= 15 is 0 Å². The summed E-state index contributed by atoms with van der Waals surface area (Å²) in [6.07, 6.45) is 4.98. The van der Waals surface area contributed by atoms with Crippen LogP contribution >= 0.6 is 12.2 Å². The highest BCUT2D eigenvalue weighted by molar-refractivity contribution is 7.80. The second kappa shape index (κ2) is 11.0. The van der Waals surface area contributed by atoms with Crippen LogP contribution in [-0.2, 0) is 0 Å². The fraction of sp³-hybridized carbons (Fsp3) is 0.370. The van der Waals surface area contributed by atoms with Crippen LogP contribution in [0.5, 0.6) is 34.5 Å². The zero-order valence-electron chi connectivity index (χ0n) is 21.4. The molecule has 2 aliphatic rings. The number of ether oxygens (including phenoxy) is 6. The molecule has 0 fully saturated rings. The minimum absolute atomic E-state index is 0.133. The molecule has 0 saturated carbocycles. The second-order valence-corrected chi connectivity index (χ2v) is 8.78. The third kappa shape index (κ3) is 4.75. The lowest BCUT2D eigenvalue weighted by Gasteiger charge is -2.36. The van der Waals surface area contributed by atoms with Gasteiger partial charge >= 0.3 is 0 Å². The number of thiocarbonyl (C=S) groups is 1. The molecule has 0 radical (unpaired) electrons. The fourth-order valence-electron chi connectivity index (χ4n) is 4.83. The molecule has 9 heteroatoms. The predicted molar refractivity (Wildman–Crippen MR) is 143 cm³/mol. The Bertz CT molecular complexity index is 1170. The molecule has 8 nitrogen and oxygen atoms in total. The molecule has 4 rings (SSSR count). The van der Waals surface area contributed by atoms with Crippen LogP contribution in [0.3, 0.4) is 0 Å². The highest BCUT2D eigenvalue weighted by Gasteiger charge is 2.32. The minimum atomic E-state index is -0.133. The molecular formula is C27H32N2O6S. The standard InChI is InChI=1S/C27H32N2O6S/c1-30-19-11-15(12-20(31-2)25(19)34-5)10-16-8-7-9-18-23(16)28-27(36)29-24(18)17-13-21(32-3)26(35-6)22(14-17)33-4/h10-14,24H,7-9H2,1-6H3,(H2,28,29,36). The molecule has 2 aromatic rings. The average Bonchev–Trinajstić information content (AvgIpc) is 2.91. The number of allylic oxidation sites excluding steroid dienone is 1. The Kier molecular flexibility index (Phi) is 7.79. The van der Waals surface area contributed by atoms with Crippen molar-refractivity contribution >= 4 is 23.4 Å². The topological polar surface area (TPSA) is 79.4 Å². The summed E-state index contributed by atoms with van der Waals surface area (Å²) < 4.78 is 33.3. The highest BCUT2D eigenvalue weighted by Crippen LogP contribution is 2.45. The molecule has 0 saturated heterocycles. The van der Waals surface area contributed by atoms with Gasteiger partial charge in [0, 0.05) is 5.70 Å². The first-order chi connectivity index (χ1) is 17.5. The summed E-state index contributed by atoms with van der Waals surface area (Å²) in [7, 11) is 9.66. The number of methoxy groups -OCH3 is 6. The van der Waals surface area contributed by atoms with Crippen LogP contribution in [0, 0.1) is 0 Å². The van der Waals surface area contributed by atoms with Gasteiger partial charge in [0.15, 0.2) is 28.1 Å². The van der Waals surface area contributed by atoms with Gasteiger partial charge in [-0.3, -0.25) is 0 Å². The van der Waals surface area contributed by atoms with Crippen molar-refractivity contribution in [2.24, 2.45) is 0 Å². The van der Waals surface area contributed by atoms with Crippen LogP contribution in [0.15, 0.2) is 41.1 Å². The molecule has 36 heavy (non-hydrogen) atoms. The van der Waals surface area contributed by atoms with E-state index in [1.54, 1.807) is 42.7 Å². The molecule has 0 aromatic heterocycles. The van der Waals surface area contributed by atoms with Crippen molar-refractivity contribution in [3.05, 3.63) is 52.2 Å². The lowest BCUT2D eigenvalue weighted by Crippen LogP contribution is -2.45. The van der Waals surface area contributed by atoms with E-state index in [0.717, 1.165) is 41.7 Å². The maximum atomic E-state index is 5.62. The number of nitrogens with one attached hydrogen (secondary N) is 2. The Morgan fingerprint density at radius 1 is 0.750 bits per heavy atom. The van der Waals surface area contributed by atoms with Crippen LogP contribution in [-0.4, -0.2) is 47.8 Å². The van der Waals surface area contributed by atoms with Gasteiger partial charge in [-0.15, -0.1) is 0 Å². The normalized spacial score (nSPS) is 18.1. The van der Waals surface area contributed by atoms with Gasteiger partial charge in [-0.05, 0) is 84.1 Å². The van der Waals surface area contributed by atoms with Crippen molar-refractivity contribution in [1.82, 2.24) is 10.6 Å². The fourth-order valence-corrected chi connectivity index (χ4v) is 5.05. The first-order valence-corrected chi connectivity index (χ1v) is 12.0. The first kappa shape index (κ1) is 25.5. The molecule has 192 valence electrons. The molecule has 2 N–H and O–H groups in total. The molecule has 0 spiro atoms. The van der Waals surface area contributed by atoms with E-state index in [2.05, 4.69) is 16.7 Å². The maximum absolute atomic E-state index is 5.62. The summed E-state index contributed by atoms with van der Waals surface area (Å²) >= 11 is 5.62. The zero-order valence-corrected chi connectivity index (χ0v) is 22.3. The van der Waals surface area contributed by atoms with Crippen molar-refractivity contribution < 1.29 is 28.4 Å². The van der Waals surface area contributed by atoms with Crippen molar-refractivity contribution in [2.75, 3.05) is 42.7 Å². The molecule has 1 unspecified atom stereocenters. The Balaban J connectivity index is 1.81. The lowest BCUT2D eigenvalue weighted by molar-refractivity contribution is 0.323. The largest absolute Gasteiger partial charge is 0.493 e. The van der Waals surface area contributed by atoms with Crippen LogP contribution in [0.4, 0.5) is 0 Å². The van der Waals surface area contributed by atoms with Crippen molar-refractivity contribution in [3.8, 4) is 34.5 Å². The quantitative estimate of drug-likeness (QED) is 0.486. The molecular weight excluding hydrogens is 480 g/mol. The monoisotopic (exact) mass is 512 g/mol. The van der Waals surface area contributed by atoms with Gasteiger partial charge in [-0.2, -0.15) is 0 Å². The molecule has 1 atom stereocenters. The predicted octanol–water partition coefficient (Wildman–Crippen LogP) is 4.78. The summed E-state index contributed by atoms with van der Waals surface area (Å²) in [5, 5.41) is 7.40. The van der Waals surface area contributed by atoms with Gasteiger partial charge in [0.05, 0.1) is 48.7 Å². The Morgan fingerprint density at radius 3 is 1.78 bits per heavy atom. The third-order valence-electron chi connectivity index (χ3n) is 6.45. The van der Waals surface area contributed by atoms with Crippen LogP contribution < -0.4 is 39.1 Å². The van der Waals surface area contributed by atoms with Gasteiger partial charge in [0.25, 0.3) is 0 Å². The van der Waals surface area contributed by atoms with E-state index in [-0.39, 0.29) is 6.04 Å². The van der Waals surface area contributed by atoms with Crippen molar-refractivity contribution in [3.63, 3.8) is 0 Å². The van der Waals surface area contributed by atoms with Crippen molar-refractivity contribution in [2.45, 2.75) is 25.3 Å². The Labute approximate surface area is 217 Å². The van der Waals surface area contributed by atoms with Crippen LogP contribution in [0.25, 0.3) is 6.08 Å². The van der Waals surface area contributed by atoms with Crippen molar-refractivity contribution in [1.29, 1.82) is 0 Å². The maximum Gasteiger partial charge on any atom is 0.203 e. The summed E-state index contributed by atoms with van der Waals surface area (Å²) in [6.45, 7) is 0. The van der Waals surface area contributed by atoms with Gasteiger partial charge < -0.3 is 39.1 Å². The highest BCUT2D eigenvalue weighted by atomic mass is 32.1. The molecule has 1 aliphatic carbocycles. The summed E-state index contributed by atoms with van der Waals surface area (Å²) in [4.78, 5) is 0. The van der Waals surface area contributed by atoms with E-state index in [0.29, 0.717) is 39.6 Å². The number of hydrogen-bond acceptors (Lipinski definition) is 7.